The molecule has 0 saturated carbocycles. The maximum Gasteiger partial charge on any atom is 0.317 e. The van der Waals surface area contributed by atoms with E-state index in [0.29, 0.717) is 5.92 Å². The molecule has 2 amide bonds. The van der Waals surface area contributed by atoms with Gasteiger partial charge in [0.25, 0.3) is 0 Å². The van der Waals surface area contributed by atoms with Crippen molar-refractivity contribution in [3.05, 3.63) is 30.3 Å². The summed E-state index contributed by atoms with van der Waals surface area (Å²) in [6.45, 7) is 9.84. The fourth-order valence-electron chi connectivity index (χ4n) is 3.48. The van der Waals surface area contributed by atoms with Crippen LogP contribution in [0.15, 0.2) is 30.3 Å². The molecule has 2 aliphatic rings. The first kappa shape index (κ1) is 16.1. The van der Waals surface area contributed by atoms with Gasteiger partial charge in [0.1, 0.15) is 0 Å². The number of piperazine rings is 1. The van der Waals surface area contributed by atoms with Crippen molar-refractivity contribution in [2.24, 2.45) is 5.92 Å². The van der Waals surface area contributed by atoms with E-state index in [0.717, 1.165) is 58.8 Å². The van der Waals surface area contributed by atoms with E-state index in [2.05, 4.69) is 52.4 Å². The number of hydrogen-bond donors (Lipinski definition) is 1. The Labute approximate surface area is 139 Å². The van der Waals surface area contributed by atoms with Crippen LogP contribution in [0, 0.1) is 5.92 Å². The summed E-state index contributed by atoms with van der Waals surface area (Å²) in [5, 5.41) is 3.14. The molecule has 1 aromatic carbocycles. The van der Waals surface area contributed by atoms with Crippen LogP contribution >= 0.6 is 0 Å². The van der Waals surface area contributed by atoms with E-state index in [1.54, 1.807) is 0 Å². The first-order chi connectivity index (χ1) is 11.3. The summed E-state index contributed by atoms with van der Waals surface area (Å²) in [5.41, 5.74) is 1.29. The predicted octanol–water partition coefficient (Wildman–Crippen LogP) is 1.86. The van der Waals surface area contributed by atoms with Gasteiger partial charge in [0.2, 0.25) is 0 Å². The smallest absolute Gasteiger partial charge is 0.317 e. The van der Waals surface area contributed by atoms with Crippen molar-refractivity contribution in [1.82, 2.24) is 15.1 Å². The van der Waals surface area contributed by atoms with Gasteiger partial charge in [-0.15, -0.1) is 0 Å². The number of rotatable bonds is 4. The summed E-state index contributed by atoms with van der Waals surface area (Å²) in [7, 11) is 0. The third kappa shape index (κ3) is 4.16. The monoisotopic (exact) mass is 316 g/mol. The number of urea groups is 1. The maximum atomic E-state index is 12.3. The minimum absolute atomic E-state index is 0.110. The second-order valence-corrected chi connectivity index (χ2v) is 6.54. The lowest BCUT2D eigenvalue weighted by molar-refractivity contribution is 0.142. The Bertz CT molecular complexity index is 499. The van der Waals surface area contributed by atoms with Crippen molar-refractivity contribution in [3.63, 3.8) is 0 Å². The second-order valence-electron chi connectivity index (χ2n) is 6.54. The summed E-state index contributed by atoms with van der Waals surface area (Å²) in [6, 6.07) is 10.7. The number of anilines is 1. The first-order valence-electron chi connectivity index (χ1n) is 8.81. The van der Waals surface area contributed by atoms with Crippen LogP contribution in [0.25, 0.3) is 0 Å². The highest BCUT2D eigenvalue weighted by Gasteiger charge is 2.25. The number of likely N-dealkylation sites (N-methyl/N-ethyl adjacent to an activating group) is 1. The van der Waals surface area contributed by atoms with Crippen molar-refractivity contribution >= 4 is 11.7 Å². The Morgan fingerprint density at radius 2 is 1.87 bits per heavy atom. The van der Waals surface area contributed by atoms with E-state index in [9.17, 15) is 4.79 Å². The Kier molecular flexibility index (Phi) is 5.39. The van der Waals surface area contributed by atoms with Gasteiger partial charge in [-0.05, 0) is 31.0 Å². The minimum atomic E-state index is 0.110. The SMILES string of the molecule is CCN1CCN(C(=O)NCC2CCN(c3ccccc3)C2)CC1. The van der Waals surface area contributed by atoms with E-state index in [-0.39, 0.29) is 6.03 Å². The number of benzene rings is 1. The number of para-hydroxylation sites is 1. The Hall–Kier alpha value is -1.75. The molecule has 1 N–H and O–H groups in total. The third-order valence-electron chi connectivity index (χ3n) is 5.06. The van der Waals surface area contributed by atoms with Gasteiger partial charge in [-0.1, -0.05) is 25.1 Å². The average Bonchev–Trinajstić information content (AvgIpc) is 3.09. The standard InChI is InChI=1S/C18H28N4O/c1-2-20-10-12-21(13-11-20)18(23)19-14-16-8-9-22(15-16)17-6-4-3-5-7-17/h3-7,16H,2,8-15H2,1H3,(H,19,23). The Morgan fingerprint density at radius 1 is 1.13 bits per heavy atom. The lowest BCUT2D eigenvalue weighted by Crippen LogP contribution is -2.52. The van der Waals surface area contributed by atoms with Gasteiger partial charge < -0.3 is 20.0 Å². The number of amides is 2. The zero-order valence-corrected chi connectivity index (χ0v) is 14.1. The summed E-state index contributed by atoms with van der Waals surface area (Å²) >= 11 is 0. The molecule has 126 valence electrons. The number of carbonyl (C=O) groups is 1. The third-order valence-corrected chi connectivity index (χ3v) is 5.06. The van der Waals surface area contributed by atoms with Gasteiger partial charge in [0.15, 0.2) is 0 Å². The number of hydrogen-bond acceptors (Lipinski definition) is 3. The highest BCUT2D eigenvalue weighted by molar-refractivity contribution is 5.74. The van der Waals surface area contributed by atoms with Crippen molar-refractivity contribution in [1.29, 1.82) is 0 Å². The van der Waals surface area contributed by atoms with E-state index >= 15 is 0 Å². The molecule has 5 heteroatoms. The molecule has 5 nitrogen and oxygen atoms in total. The summed E-state index contributed by atoms with van der Waals surface area (Å²) < 4.78 is 0. The summed E-state index contributed by atoms with van der Waals surface area (Å²) in [6.07, 6.45) is 1.15. The van der Waals surface area contributed by atoms with Gasteiger partial charge in [0.05, 0.1) is 0 Å². The Morgan fingerprint density at radius 3 is 2.57 bits per heavy atom. The first-order valence-corrected chi connectivity index (χ1v) is 8.81. The van der Waals surface area contributed by atoms with Gasteiger partial charge >= 0.3 is 6.03 Å². The van der Waals surface area contributed by atoms with Crippen molar-refractivity contribution in [3.8, 4) is 0 Å². The van der Waals surface area contributed by atoms with Crippen molar-refractivity contribution in [2.75, 3.05) is 57.3 Å². The van der Waals surface area contributed by atoms with Gasteiger partial charge in [-0.3, -0.25) is 0 Å². The molecule has 0 bridgehead atoms. The van der Waals surface area contributed by atoms with E-state index < -0.39 is 0 Å². The van der Waals surface area contributed by atoms with E-state index in [1.807, 2.05) is 4.90 Å². The molecule has 0 aliphatic carbocycles. The number of carbonyl (C=O) groups excluding carboxylic acids is 1. The molecule has 2 aliphatic heterocycles. The molecule has 1 aromatic rings. The summed E-state index contributed by atoms with van der Waals surface area (Å²) in [5.74, 6) is 0.552. The molecule has 0 radical (unpaired) electrons. The van der Waals surface area contributed by atoms with Crippen molar-refractivity contribution < 1.29 is 4.79 Å². The zero-order valence-electron chi connectivity index (χ0n) is 14.1. The van der Waals surface area contributed by atoms with Gasteiger partial charge in [-0.25, -0.2) is 4.79 Å². The molecular formula is C18H28N4O. The fraction of sp³-hybridized carbons (Fsp3) is 0.611. The van der Waals surface area contributed by atoms with Crippen LogP contribution in [0.2, 0.25) is 0 Å². The lowest BCUT2D eigenvalue weighted by Gasteiger charge is -2.34. The van der Waals surface area contributed by atoms with Crippen LogP contribution in [-0.2, 0) is 0 Å². The molecule has 2 fully saturated rings. The Balaban J connectivity index is 1.40. The van der Waals surface area contributed by atoms with Crippen molar-refractivity contribution in [2.45, 2.75) is 13.3 Å². The minimum Gasteiger partial charge on any atom is -0.371 e. The van der Waals surface area contributed by atoms with Crippen LogP contribution < -0.4 is 10.2 Å². The average molecular weight is 316 g/mol. The molecule has 2 heterocycles. The quantitative estimate of drug-likeness (QED) is 0.921. The molecular weight excluding hydrogens is 288 g/mol. The molecule has 1 atom stereocenters. The van der Waals surface area contributed by atoms with Gasteiger partial charge in [-0.2, -0.15) is 0 Å². The van der Waals surface area contributed by atoms with Gasteiger partial charge in [0, 0.05) is 51.5 Å². The lowest BCUT2D eigenvalue weighted by atomic mass is 10.1. The maximum absolute atomic E-state index is 12.3. The molecule has 1 unspecified atom stereocenters. The van der Waals surface area contributed by atoms with E-state index in [1.165, 1.54) is 5.69 Å². The van der Waals surface area contributed by atoms with Crippen LogP contribution in [0.4, 0.5) is 10.5 Å². The fourth-order valence-corrected chi connectivity index (χ4v) is 3.48. The molecule has 3 rings (SSSR count). The normalized spacial score (nSPS) is 22.4. The zero-order chi connectivity index (χ0) is 16.1. The highest BCUT2D eigenvalue weighted by atomic mass is 16.2. The number of nitrogens with one attached hydrogen (secondary N) is 1. The summed E-state index contributed by atoms with van der Waals surface area (Å²) in [4.78, 5) is 19.0. The molecule has 2 saturated heterocycles. The molecule has 23 heavy (non-hydrogen) atoms. The second kappa shape index (κ2) is 7.68. The van der Waals surface area contributed by atoms with Crippen LogP contribution in [-0.4, -0.2) is 68.2 Å². The van der Waals surface area contributed by atoms with Crippen LogP contribution in [0.3, 0.4) is 0 Å². The highest BCUT2D eigenvalue weighted by Crippen LogP contribution is 2.22. The van der Waals surface area contributed by atoms with E-state index in [4.69, 9.17) is 0 Å². The topological polar surface area (TPSA) is 38.8 Å². The largest absolute Gasteiger partial charge is 0.371 e. The number of nitrogens with zero attached hydrogens (tertiary/aromatic N) is 3. The molecule has 0 spiro atoms. The van der Waals surface area contributed by atoms with Crippen LogP contribution in [0.5, 0.6) is 0 Å². The predicted molar refractivity (Wildman–Crippen MR) is 93.8 cm³/mol. The van der Waals surface area contributed by atoms with Crippen LogP contribution in [0.1, 0.15) is 13.3 Å². The molecule has 0 aromatic heterocycles.